The van der Waals surface area contributed by atoms with Crippen LogP contribution in [0.5, 0.6) is 0 Å². The molecule has 0 fully saturated rings. The lowest BCUT2D eigenvalue weighted by atomic mass is 10.2. The predicted molar refractivity (Wildman–Crippen MR) is 207 cm³/mol. The number of rotatable bonds is 18. The molecule has 2 heterocycles. The Bertz CT molecular complexity index is 1850. The highest BCUT2D eigenvalue weighted by Gasteiger charge is 2.20. The molecule has 0 spiro atoms. The fraction of sp³-hybridized carbons (Fsp3) is 0.394. The van der Waals surface area contributed by atoms with Crippen molar-refractivity contribution in [3.8, 4) is 0 Å². The van der Waals surface area contributed by atoms with Crippen LogP contribution in [0.2, 0.25) is 0 Å². The second kappa shape index (κ2) is 19.6. The summed E-state index contributed by atoms with van der Waals surface area (Å²) in [6.45, 7) is 8.82. The van der Waals surface area contributed by atoms with Crippen LogP contribution in [0.25, 0.3) is 0 Å². The van der Waals surface area contributed by atoms with Gasteiger partial charge in [-0.25, -0.2) is 36.2 Å². The summed E-state index contributed by atoms with van der Waals surface area (Å²) in [7, 11) is -7.80. The third-order valence-corrected chi connectivity index (χ3v) is 12.4. The molecule has 0 aliphatic rings. The largest absolute Gasteiger partial charge is 0.355 e. The molecular formula is C33H46N10O4S4. The fourth-order valence-electron chi connectivity index (χ4n) is 4.67. The van der Waals surface area contributed by atoms with E-state index in [0.717, 1.165) is 34.3 Å². The second-order valence-corrected chi connectivity index (χ2v) is 17.0. The highest BCUT2D eigenvalue weighted by Crippen LogP contribution is 2.16. The summed E-state index contributed by atoms with van der Waals surface area (Å²) in [5.74, 6) is 3.09. The summed E-state index contributed by atoms with van der Waals surface area (Å²) in [4.78, 5) is 24.2. The molecule has 0 aliphatic carbocycles. The van der Waals surface area contributed by atoms with Crippen LogP contribution in [0, 0.1) is 27.7 Å². The predicted octanol–water partition coefficient (Wildman–Crippen LogP) is 3.77. The van der Waals surface area contributed by atoms with Gasteiger partial charge < -0.3 is 20.6 Å². The molecule has 0 amide bonds. The van der Waals surface area contributed by atoms with Crippen molar-refractivity contribution in [1.82, 2.24) is 40.0 Å². The van der Waals surface area contributed by atoms with Crippen molar-refractivity contribution in [2.24, 2.45) is 9.98 Å². The molecule has 2 aromatic carbocycles. The van der Waals surface area contributed by atoms with E-state index in [1.807, 2.05) is 13.8 Å². The molecule has 0 bridgehead atoms. The number of nitrogens with zero attached hydrogens (tertiary/aromatic N) is 4. The van der Waals surface area contributed by atoms with Gasteiger partial charge in [-0.05, 0) is 57.4 Å². The maximum absolute atomic E-state index is 13.3. The quantitative estimate of drug-likeness (QED) is 0.0492. The second-order valence-electron chi connectivity index (χ2n) is 11.5. The molecule has 0 aliphatic heterocycles. The molecule has 4 rings (SSSR count). The van der Waals surface area contributed by atoms with E-state index in [4.69, 9.17) is 0 Å². The fourth-order valence-corrected chi connectivity index (χ4v) is 8.92. The van der Waals surface area contributed by atoms with E-state index >= 15 is 0 Å². The number of H-pyrrole nitrogens is 2. The Morgan fingerprint density at radius 3 is 1.45 bits per heavy atom. The molecule has 14 nitrogen and oxygen atoms in total. The molecule has 0 saturated carbocycles. The Kier molecular flexibility index (Phi) is 15.3. The van der Waals surface area contributed by atoms with Crippen LogP contribution < -0.4 is 20.1 Å². The van der Waals surface area contributed by atoms with Gasteiger partial charge in [-0.15, -0.1) is 0 Å². The molecule has 0 unspecified atom stereocenters. The first-order valence-corrected chi connectivity index (χ1v) is 21.6. The summed E-state index contributed by atoms with van der Waals surface area (Å²) in [5, 5.41) is 6.26. The van der Waals surface area contributed by atoms with Gasteiger partial charge in [0.05, 0.1) is 33.8 Å². The summed E-state index contributed by atoms with van der Waals surface area (Å²) in [6, 6.07) is 13.5. The number of nitrogens with one attached hydrogen (secondary N) is 6. The number of sulfonamides is 2. The van der Waals surface area contributed by atoms with Crippen LogP contribution in [0.4, 0.5) is 0 Å². The van der Waals surface area contributed by atoms with Crippen LogP contribution in [0.3, 0.4) is 0 Å². The summed E-state index contributed by atoms with van der Waals surface area (Å²) < 4.78 is 58.3. The van der Waals surface area contributed by atoms with Crippen molar-refractivity contribution < 1.29 is 16.8 Å². The molecule has 0 saturated heterocycles. The van der Waals surface area contributed by atoms with E-state index in [1.54, 1.807) is 98.6 Å². The van der Waals surface area contributed by atoms with E-state index in [-0.39, 0.29) is 34.8 Å². The van der Waals surface area contributed by atoms with Crippen molar-refractivity contribution in [1.29, 1.82) is 0 Å². The van der Waals surface area contributed by atoms with Gasteiger partial charge in [-0.1, -0.05) is 36.4 Å². The number of guanidine groups is 2. The van der Waals surface area contributed by atoms with Gasteiger partial charge in [0.15, 0.2) is 0 Å². The minimum absolute atomic E-state index is 0.126. The maximum atomic E-state index is 13.3. The maximum Gasteiger partial charge on any atom is 0.264 e. The Hall–Kier alpha value is -4.00. The number of benzene rings is 2. The smallest absolute Gasteiger partial charge is 0.264 e. The average Bonchev–Trinajstić information content (AvgIpc) is 3.70. The molecule has 18 heteroatoms. The molecule has 276 valence electrons. The summed E-state index contributed by atoms with van der Waals surface area (Å²) >= 11 is 3.34. The SMILES string of the molecule is Cc1ccccc1S(=O)(=O)NC(=NCCCN=C(NCCSCc1nc[nH]c1C)NS(=O)(=O)c1ccccc1C)NCCSCc1nc[nH]c1C. The zero-order valence-corrected chi connectivity index (χ0v) is 32.5. The molecule has 0 radical (unpaired) electrons. The first-order valence-electron chi connectivity index (χ1n) is 16.3. The first-order chi connectivity index (χ1) is 24.5. The number of aromatic amines is 2. The van der Waals surface area contributed by atoms with Gasteiger partial charge >= 0.3 is 0 Å². The minimum Gasteiger partial charge on any atom is -0.355 e. The Morgan fingerprint density at radius 2 is 1.08 bits per heavy atom. The van der Waals surface area contributed by atoms with Crippen LogP contribution >= 0.6 is 23.5 Å². The Labute approximate surface area is 309 Å². The molecule has 51 heavy (non-hydrogen) atoms. The lowest BCUT2D eigenvalue weighted by molar-refractivity contribution is 0.589. The number of aliphatic imine (C=N–C) groups is 2. The number of thioether (sulfide) groups is 2. The third-order valence-electron chi connectivity index (χ3n) is 7.51. The van der Waals surface area contributed by atoms with E-state index in [9.17, 15) is 16.8 Å². The zero-order chi connectivity index (χ0) is 36.7. The van der Waals surface area contributed by atoms with E-state index in [0.29, 0.717) is 42.1 Å². The lowest BCUT2D eigenvalue weighted by Crippen LogP contribution is -2.42. The van der Waals surface area contributed by atoms with Gasteiger partial charge in [-0.3, -0.25) is 9.98 Å². The lowest BCUT2D eigenvalue weighted by Gasteiger charge is -2.15. The minimum atomic E-state index is -3.90. The molecule has 6 N–H and O–H groups in total. The molecule has 0 atom stereocenters. The Morgan fingerprint density at radius 1 is 0.667 bits per heavy atom. The number of hydrogen-bond donors (Lipinski definition) is 6. The van der Waals surface area contributed by atoms with Crippen molar-refractivity contribution >= 4 is 55.5 Å². The number of hydrogen-bond acceptors (Lipinski definition) is 10. The van der Waals surface area contributed by atoms with Crippen LogP contribution in [-0.4, -0.2) is 86.4 Å². The van der Waals surface area contributed by atoms with E-state index in [1.165, 1.54) is 0 Å². The van der Waals surface area contributed by atoms with Crippen molar-refractivity contribution in [2.75, 3.05) is 37.7 Å². The van der Waals surface area contributed by atoms with E-state index in [2.05, 4.69) is 50.0 Å². The zero-order valence-electron chi connectivity index (χ0n) is 29.2. The van der Waals surface area contributed by atoms with Crippen molar-refractivity contribution in [3.05, 3.63) is 95.1 Å². The summed E-state index contributed by atoms with van der Waals surface area (Å²) in [6.07, 6.45) is 3.76. The van der Waals surface area contributed by atoms with Gasteiger partial charge in [0.2, 0.25) is 11.9 Å². The number of aryl methyl sites for hydroxylation is 4. The van der Waals surface area contributed by atoms with Gasteiger partial charge in [0.25, 0.3) is 20.0 Å². The highest BCUT2D eigenvalue weighted by molar-refractivity contribution is 7.98. The third kappa shape index (κ3) is 12.6. The van der Waals surface area contributed by atoms with Crippen molar-refractivity contribution in [3.63, 3.8) is 0 Å². The normalized spacial score (nSPS) is 12.5. The van der Waals surface area contributed by atoms with Crippen LogP contribution in [0.1, 0.15) is 40.3 Å². The highest BCUT2D eigenvalue weighted by atomic mass is 32.2. The molecule has 2 aromatic heterocycles. The molecular weight excluding hydrogens is 729 g/mol. The van der Waals surface area contributed by atoms with Gasteiger partial charge in [0, 0.05) is 60.6 Å². The number of aromatic nitrogens is 4. The number of imidazole rings is 2. The van der Waals surface area contributed by atoms with Crippen LogP contribution in [0.15, 0.2) is 81.0 Å². The average molecular weight is 775 g/mol. The monoisotopic (exact) mass is 774 g/mol. The van der Waals surface area contributed by atoms with Crippen molar-refractivity contribution in [2.45, 2.75) is 55.4 Å². The molecule has 4 aromatic rings. The van der Waals surface area contributed by atoms with Gasteiger partial charge in [-0.2, -0.15) is 23.5 Å². The van der Waals surface area contributed by atoms with Crippen LogP contribution in [-0.2, 0) is 31.6 Å². The standard InChI is InChI=1S/C33H46N10O4S4/c1-24-10-5-7-12-30(24)50(44,45)42-32(36-16-18-48-20-28-26(3)38-22-40-28)34-14-9-15-35-33(37-17-19-49-21-29-27(4)39-23-41-29)43-51(46,47)31-13-8-6-11-25(31)2/h5-8,10-13,22-23H,9,14-21H2,1-4H3,(H,38,40)(H,39,41)(H2,34,36,42)(H2,35,37,43). The van der Waals surface area contributed by atoms with E-state index < -0.39 is 20.0 Å². The Balaban J connectivity index is 1.39. The van der Waals surface area contributed by atoms with Gasteiger partial charge in [0.1, 0.15) is 0 Å². The first kappa shape index (κ1) is 39.8. The summed E-state index contributed by atoms with van der Waals surface area (Å²) in [5.41, 5.74) is 5.23. The topological polar surface area (TPSA) is 198 Å².